The van der Waals surface area contributed by atoms with Crippen LogP contribution in [0.5, 0.6) is 0 Å². The molecule has 0 atom stereocenters. The predicted molar refractivity (Wildman–Crippen MR) is 55.2 cm³/mol. The average Bonchev–Trinajstić information content (AvgIpc) is 2.63. The summed E-state index contributed by atoms with van der Waals surface area (Å²) in [6.45, 7) is 0. The molecule has 0 saturated carbocycles. The molecule has 0 aliphatic carbocycles. The maximum Gasteiger partial charge on any atom is 0.139 e. The van der Waals surface area contributed by atoms with E-state index in [4.69, 9.17) is 0 Å². The fraction of sp³-hybridized carbons (Fsp3) is 0.222. The molecular weight excluding hydrogens is 164 g/mol. The Bertz CT molecular complexity index is 418. The van der Waals surface area contributed by atoms with Crippen LogP contribution in [0, 0.1) is 0 Å². The van der Waals surface area contributed by atoms with E-state index < -0.39 is 0 Å². The summed E-state index contributed by atoms with van der Waals surface area (Å²) in [6, 6.07) is 2.01. The number of nitrogens with zero attached hydrogens (tertiary/aromatic N) is 1. The van der Waals surface area contributed by atoms with Crippen LogP contribution in [-0.4, -0.2) is 24.1 Å². The Hall–Kier alpha value is -1.71. The minimum absolute atomic E-state index is 0.906. The average molecular weight is 176 g/mol. The van der Waals surface area contributed by atoms with Crippen LogP contribution in [0.4, 0.5) is 11.4 Å². The van der Waals surface area contributed by atoms with Gasteiger partial charge in [0.25, 0.3) is 0 Å². The van der Waals surface area contributed by atoms with Crippen LogP contribution in [0.1, 0.15) is 0 Å². The van der Waals surface area contributed by atoms with E-state index in [9.17, 15) is 0 Å². The Morgan fingerprint density at radius 1 is 1.31 bits per heavy atom. The van der Waals surface area contributed by atoms with Gasteiger partial charge in [-0.25, -0.2) is 4.98 Å². The molecule has 2 heterocycles. The van der Waals surface area contributed by atoms with E-state index in [0.29, 0.717) is 0 Å². The first-order chi connectivity index (χ1) is 6.36. The van der Waals surface area contributed by atoms with Crippen LogP contribution >= 0.6 is 0 Å². The van der Waals surface area contributed by atoms with E-state index in [1.54, 1.807) is 0 Å². The zero-order chi connectivity index (χ0) is 9.26. The van der Waals surface area contributed by atoms with Crippen molar-refractivity contribution in [3.63, 3.8) is 0 Å². The van der Waals surface area contributed by atoms with Crippen LogP contribution in [-0.2, 0) is 0 Å². The molecule has 13 heavy (non-hydrogen) atoms. The molecule has 2 rings (SSSR count). The van der Waals surface area contributed by atoms with Crippen molar-refractivity contribution in [1.29, 1.82) is 0 Å². The largest absolute Gasteiger partial charge is 0.386 e. The van der Waals surface area contributed by atoms with Crippen molar-refractivity contribution in [3.8, 4) is 0 Å². The van der Waals surface area contributed by atoms with Gasteiger partial charge in [-0.2, -0.15) is 0 Å². The lowest BCUT2D eigenvalue weighted by Crippen LogP contribution is -1.97. The number of H-pyrrole nitrogens is 1. The molecule has 0 spiro atoms. The van der Waals surface area contributed by atoms with Gasteiger partial charge in [-0.3, -0.25) is 0 Å². The quantitative estimate of drug-likeness (QED) is 0.652. The summed E-state index contributed by atoms with van der Waals surface area (Å²) >= 11 is 0. The predicted octanol–water partition coefficient (Wildman–Crippen LogP) is 1.65. The Balaban J connectivity index is 2.74. The molecule has 4 heteroatoms. The van der Waals surface area contributed by atoms with Gasteiger partial charge in [-0.1, -0.05) is 0 Å². The van der Waals surface area contributed by atoms with Gasteiger partial charge in [0, 0.05) is 25.7 Å². The third-order valence-corrected chi connectivity index (χ3v) is 2.11. The number of nitrogens with one attached hydrogen (secondary N) is 3. The monoisotopic (exact) mass is 176 g/mol. The van der Waals surface area contributed by atoms with E-state index in [0.717, 1.165) is 22.4 Å². The summed E-state index contributed by atoms with van der Waals surface area (Å²) in [5, 5.41) is 7.35. The fourth-order valence-electron chi connectivity index (χ4n) is 1.47. The molecule has 0 fully saturated rings. The Kier molecular flexibility index (Phi) is 1.81. The highest BCUT2D eigenvalue weighted by Crippen LogP contribution is 2.28. The number of fused-ring (bicyclic) bond motifs is 1. The van der Waals surface area contributed by atoms with Gasteiger partial charge in [-0.05, 0) is 6.07 Å². The molecule has 0 radical (unpaired) electrons. The van der Waals surface area contributed by atoms with Crippen molar-refractivity contribution >= 4 is 22.4 Å². The Morgan fingerprint density at radius 3 is 2.85 bits per heavy atom. The first-order valence-electron chi connectivity index (χ1n) is 4.18. The van der Waals surface area contributed by atoms with Crippen molar-refractivity contribution in [2.75, 3.05) is 24.7 Å². The number of anilines is 2. The lowest BCUT2D eigenvalue weighted by molar-refractivity contribution is 1.31. The zero-order valence-corrected chi connectivity index (χ0v) is 7.68. The number of hydrogen-bond donors (Lipinski definition) is 3. The number of aromatic amines is 1. The Morgan fingerprint density at radius 2 is 2.15 bits per heavy atom. The first-order valence-corrected chi connectivity index (χ1v) is 4.18. The summed E-state index contributed by atoms with van der Waals surface area (Å²) in [5.41, 5.74) is 2.99. The SMILES string of the molecule is CNc1cnc2[nH]ccc2c1NC. The smallest absolute Gasteiger partial charge is 0.139 e. The van der Waals surface area contributed by atoms with Crippen molar-refractivity contribution in [2.24, 2.45) is 0 Å². The molecule has 68 valence electrons. The van der Waals surface area contributed by atoms with E-state index in [1.807, 2.05) is 32.6 Å². The molecule has 0 aliphatic rings. The summed E-state index contributed by atoms with van der Waals surface area (Å²) in [4.78, 5) is 7.33. The normalized spacial score (nSPS) is 10.3. The van der Waals surface area contributed by atoms with Crippen molar-refractivity contribution in [1.82, 2.24) is 9.97 Å². The van der Waals surface area contributed by atoms with E-state index in [1.165, 1.54) is 0 Å². The third kappa shape index (κ3) is 1.11. The molecule has 3 N–H and O–H groups in total. The molecule has 0 aliphatic heterocycles. The Labute approximate surface area is 76.4 Å². The second kappa shape index (κ2) is 2.97. The van der Waals surface area contributed by atoms with Crippen LogP contribution < -0.4 is 10.6 Å². The van der Waals surface area contributed by atoms with Gasteiger partial charge in [0.2, 0.25) is 0 Å². The third-order valence-electron chi connectivity index (χ3n) is 2.11. The standard InChI is InChI=1S/C9H12N4/c1-10-7-5-13-9-6(3-4-12-9)8(7)11-2/h3-5,10H,1-2H3,(H2,11,12,13). The highest BCUT2D eigenvalue weighted by Gasteiger charge is 2.05. The van der Waals surface area contributed by atoms with Crippen LogP contribution in [0.15, 0.2) is 18.5 Å². The van der Waals surface area contributed by atoms with Gasteiger partial charge < -0.3 is 15.6 Å². The van der Waals surface area contributed by atoms with Gasteiger partial charge >= 0.3 is 0 Å². The second-order valence-electron chi connectivity index (χ2n) is 2.79. The molecular formula is C9H12N4. The van der Waals surface area contributed by atoms with Crippen LogP contribution in [0.3, 0.4) is 0 Å². The van der Waals surface area contributed by atoms with Crippen molar-refractivity contribution in [3.05, 3.63) is 18.5 Å². The molecule has 2 aromatic rings. The van der Waals surface area contributed by atoms with Gasteiger partial charge in [0.15, 0.2) is 0 Å². The summed E-state index contributed by atoms with van der Waals surface area (Å²) in [5.74, 6) is 0. The number of hydrogen-bond acceptors (Lipinski definition) is 3. The van der Waals surface area contributed by atoms with E-state index in [2.05, 4.69) is 20.6 Å². The lowest BCUT2D eigenvalue weighted by atomic mass is 10.2. The summed E-state index contributed by atoms with van der Waals surface area (Å²) in [7, 11) is 3.79. The number of rotatable bonds is 2. The fourth-order valence-corrected chi connectivity index (χ4v) is 1.47. The van der Waals surface area contributed by atoms with E-state index in [-0.39, 0.29) is 0 Å². The molecule has 0 amide bonds. The highest BCUT2D eigenvalue weighted by molar-refractivity contribution is 5.96. The molecule has 2 aromatic heterocycles. The number of aromatic nitrogens is 2. The van der Waals surface area contributed by atoms with Crippen molar-refractivity contribution < 1.29 is 0 Å². The maximum absolute atomic E-state index is 4.26. The number of pyridine rings is 1. The van der Waals surface area contributed by atoms with E-state index >= 15 is 0 Å². The van der Waals surface area contributed by atoms with Gasteiger partial charge in [0.05, 0.1) is 17.6 Å². The topological polar surface area (TPSA) is 52.7 Å². The molecule has 0 saturated heterocycles. The lowest BCUT2D eigenvalue weighted by Gasteiger charge is -2.08. The molecule has 0 aromatic carbocycles. The molecule has 0 unspecified atom stereocenters. The summed E-state index contributed by atoms with van der Waals surface area (Å²) < 4.78 is 0. The highest BCUT2D eigenvalue weighted by atomic mass is 15.0. The minimum atomic E-state index is 0.906. The molecule has 0 bridgehead atoms. The van der Waals surface area contributed by atoms with Crippen LogP contribution in [0.2, 0.25) is 0 Å². The second-order valence-corrected chi connectivity index (χ2v) is 2.79. The zero-order valence-electron chi connectivity index (χ0n) is 7.68. The summed E-state index contributed by atoms with van der Waals surface area (Å²) in [6.07, 6.45) is 3.70. The van der Waals surface area contributed by atoms with Crippen LogP contribution in [0.25, 0.3) is 11.0 Å². The van der Waals surface area contributed by atoms with Gasteiger partial charge in [-0.15, -0.1) is 0 Å². The van der Waals surface area contributed by atoms with Gasteiger partial charge in [0.1, 0.15) is 5.65 Å². The van der Waals surface area contributed by atoms with Crippen molar-refractivity contribution in [2.45, 2.75) is 0 Å². The molecule has 4 nitrogen and oxygen atoms in total. The maximum atomic E-state index is 4.26. The minimum Gasteiger partial charge on any atom is -0.386 e. The first kappa shape index (κ1) is 7.91.